The first-order valence-electron chi connectivity index (χ1n) is 19.9. The topological polar surface area (TPSA) is 26.3 Å². The predicted octanol–water partition coefficient (Wildman–Crippen LogP) is 16.3. The molecule has 0 saturated carbocycles. The third-order valence-electron chi connectivity index (χ3n) is 12.5. The average Bonchev–Trinajstić information content (AvgIpc) is 3.84. The van der Waals surface area contributed by atoms with Crippen LogP contribution in [-0.4, -0.2) is 0 Å². The summed E-state index contributed by atoms with van der Waals surface area (Å²) in [5, 5.41) is 16.6. The lowest BCUT2D eigenvalue weighted by Crippen LogP contribution is -1.93. The number of fused-ring (bicyclic) bond motifs is 12. The van der Waals surface area contributed by atoms with Gasteiger partial charge in [-0.05, 0) is 112 Å². The molecule has 0 fully saturated rings. The van der Waals surface area contributed by atoms with Gasteiger partial charge in [0.1, 0.15) is 22.3 Å². The summed E-state index contributed by atoms with van der Waals surface area (Å²) in [5.41, 5.74) is 10.8. The van der Waals surface area contributed by atoms with Crippen LogP contribution >= 0.6 is 0 Å². The van der Waals surface area contributed by atoms with Crippen molar-refractivity contribution in [2.24, 2.45) is 0 Å². The first-order valence-corrected chi connectivity index (χ1v) is 19.9. The standard InChI is InChI=1S/C56H32O2/c1-2-16-34-33(14-1)15-13-26-40(34)54-42-22-7-9-24-44(42)55(45-25-10-8-23-43(45)54)46-29-28-38(35-17-3-4-18-36(35)46)47-30-53-56(41-21-6-5-19-37(41)47)49-32-51-48(31-52(49)58-53)39-20-11-12-27-50(39)57-51/h1-32H. The van der Waals surface area contributed by atoms with Crippen molar-refractivity contribution in [3.63, 3.8) is 0 Å². The smallest absolute Gasteiger partial charge is 0.136 e. The van der Waals surface area contributed by atoms with Crippen LogP contribution in [0.4, 0.5) is 0 Å². The van der Waals surface area contributed by atoms with Gasteiger partial charge in [0.05, 0.1) is 0 Å². The molecule has 0 unspecified atom stereocenters. The molecule has 0 radical (unpaired) electrons. The first-order chi connectivity index (χ1) is 28.8. The predicted molar refractivity (Wildman–Crippen MR) is 245 cm³/mol. The third-order valence-corrected chi connectivity index (χ3v) is 12.5. The van der Waals surface area contributed by atoms with E-state index in [1.165, 1.54) is 81.7 Å². The van der Waals surface area contributed by atoms with Crippen molar-refractivity contribution in [3.05, 3.63) is 194 Å². The molecule has 2 heteroatoms. The highest BCUT2D eigenvalue weighted by atomic mass is 16.3. The van der Waals surface area contributed by atoms with Gasteiger partial charge < -0.3 is 8.83 Å². The SMILES string of the molecule is c1ccc2c(-c3c4ccccc4c(-c4ccc(-c5cc6oc7cc8c(cc7c6c6ccccc56)oc5ccccc58)c5ccccc45)c4ccccc34)cccc2c1. The molecule has 268 valence electrons. The Morgan fingerprint density at radius 1 is 0.224 bits per heavy atom. The molecule has 13 rings (SSSR count). The van der Waals surface area contributed by atoms with Gasteiger partial charge in [-0.2, -0.15) is 0 Å². The van der Waals surface area contributed by atoms with E-state index in [2.05, 4.69) is 182 Å². The zero-order chi connectivity index (χ0) is 37.9. The van der Waals surface area contributed by atoms with Crippen molar-refractivity contribution in [1.82, 2.24) is 0 Å². The molecular formula is C56H32O2. The van der Waals surface area contributed by atoms with E-state index >= 15 is 0 Å². The molecule has 0 aliphatic rings. The molecule has 11 aromatic carbocycles. The van der Waals surface area contributed by atoms with Crippen LogP contribution in [0.25, 0.3) is 131 Å². The molecular weight excluding hydrogens is 705 g/mol. The summed E-state index contributed by atoms with van der Waals surface area (Å²) >= 11 is 0. The Kier molecular flexibility index (Phi) is 6.47. The zero-order valence-electron chi connectivity index (χ0n) is 31.3. The quantitative estimate of drug-likeness (QED) is 0.169. The van der Waals surface area contributed by atoms with Crippen molar-refractivity contribution >= 4 is 97.7 Å². The summed E-state index contributed by atoms with van der Waals surface area (Å²) in [7, 11) is 0. The third kappa shape index (κ3) is 4.37. The second-order valence-electron chi connectivity index (χ2n) is 15.5. The second kappa shape index (κ2) is 11.9. The van der Waals surface area contributed by atoms with Gasteiger partial charge >= 0.3 is 0 Å². The number of para-hydroxylation sites is 1. The van der Waals surface area contributed by atoms with Crippen LogP contribution in [0.15, 0.2) is 203 Å². The van der Waals surface area contributed by atoms with Gasteiger partial charge in [0.25, 0.3) is 0 Å². The number of hydrogen-bond donors (Lipinski definition) is 0. The minimum atomic E-state index is 0.863. The van der Waals surface area contributed by atoms with Crippen LogP contribution in [0, 0.1) is 0 Å². The summed E-state index contributed by atoms with van der Waals surface area (Å²) in [6, 6.07) is 70.4. The Balaban J connectivity index is 1.07. The van der Waals surface area contributed by atoms with Crippen molar-refractivity contribution in [3.8, 4) is 33.4 Å². The number of hydrogen-bond acceptors (Lipinski definition) is 2. The summed E-state index contributed by atoms with van der Waals surface area (Å²) in [5.74, 6) is 0. The van der Waals surface area contributed by atoms with E-state index in [9.17, 15) is 0 Å². The van der Waals surface area contributed by atoms with Crippen LogP contribution in [0.1, 0.15) is 0 Å². The minimum Gasteiger partial charge on any atom is -0.456 e. The summed E-state index contributed by atoms with van der Waals surface area (Å²) < 4.78 is 13.1. The van der Waals surface area contributed by atoms with E-state index in [4.69, 9.17) is 8.83 Å². The van der Waals surface area contributed by atoms with Gasteiger partial charge in [-0.1, -0.05) is 170 Å². The van der Waals surface area contributed by atoms with Crippen molar-refractivity contribution in [2.45, 2.75) is 0 Å². The molecule has 58 heavy (non-hydrogen) atoms. The van der Waals surface area contributed by atoms with Gasteiger partial charge in [0.2, 0.25) is 0 Å². The van der Waals surface area contributed by atoms with Crippen molar-refractivity contribution in [1.29, 1.82) is 0 Å². The van der Waals surface area contributed by atoms with Crippen LogP contribution in [0.3, 0.4) is 0 Å². The number of furan rings is 2. The van der Waals surface area contributed by atoms with Gasteiger partial charge in [-0.25, -0.2) is 0 Å². The van der Waals surface area contributed by atoms with E-state index in [-0.39, 0.29) is 0 Å². The highest BCUT2D eigenvalue weighted by Gasteiger charge is 2.22. The molecule has 2 heterocycles. The lowest BCUT2D eigenvalue weighted by atomic mass is 9.82. The Labute approximate surface area is 332 Å². The highest BCUT2D eigenvalue weighted by molar-refractivity contribution is 6.28. The Hall–Kier alpha value is -7.68. The van der Waals surface area contributed by atoms with Crippen LogP contribution in [0.2, 0.25) is 0 Å². The van der Waals surface area contributed by atoms with Crippen LogP contribution < -0.4 is 0 Å². The molecule has 0 amide bonds. The van der Waals surface area contributed by atoms with E-state index in [1.807, 2.05) is 12.1 Å². The number of benzene rings is 11. The van der Waals surface area contributed by atoms with E-state index < -0.39 is 0 Å². The van der Waals surface area contributed by atoms with Gasteiger partial charge in [-0.15, -0.1) is 0 Å². The van der Waals surface area contributed by atoms with Crippen molar-refractivity contribution < 1.29 is 8.83 Å². The van der Waals surface area contributed by atoms with Gasteiger partial charge in [-0.3, -0.25) is 0 Å². The fourth-order valence-corrected chi connectivity index (χ4v) is 9.98. The molecule has 2 aromatic heterocycles. The van der Waals surface area contributed by atoms with E-state index in [0.29, 0.717) is 0 Å². The Morgan fingerprint density at radius 3 is 1.36 bits per heavy atom. The summed E-state index contributed by atoms with van der Waals surface area (Å²) in [4.78, 5) is 0. The maximum Gasteiger partial charge on any atom is 0.136 e. The van der Waals surface area contributed by atoms with Crippen LogP contribution in [0.5, 0.6) is 0 Å². The molecule has 0 N–H and O–H groups in total. The molecule has 0 aliphatic carbocycles. The monoisotopic (exact) mass is 736 g/mol. The largest absolute Gasteiger partial charge is 0.456 e. The Morgan fingerprint density at radius 2 is 0.672 bits per heavy atom. The normalized spacial score (nSPS) is 12.1. The molecule has 13 aromatic rings. The van der Waals surface area contributed by atoms with Gasteiger partial charge in [0.15, 0.2) is 0 Å². The van der Waals surface area contributed by atoms with Gasteiger partial charge in [0, 0.05) is 21.5 Å². The lowest BCUT2D eigenvalue weighted by molar-refractivity contribution is 0.664. The molecule has 0 atom stereocenters. The summed E-state index contributed by atoms with van der Waals surface area (Å²) in [6.45, 7) is 0. The second-order valence-corrected chi connectivity index (χ2v) is 15.5. The molecule has 0 spiro atoms. The fourth-order valence-electron chi connectivity index (χ4n) is 9.98. The zero-order valence-corrected chi connectivity index (χ0v) is 31.3. The van der Waals surface area contributed by atoms with Crippen molar-refractivity contribution in [2.75, 3.05) is 0 Å². The maximum atomic E-state index is 6.78. The average molecular weight is 737 g/mol. The molecule has 2 nitrogen and oxygen atoms in total. The fraction of sp³-hybridized carbons (Fsp3) is 0. The lowest BCUT2D eigenvalue weighted by Gasteiger charge is -2.20. The van der Waals surface area contributed by atoms with E-state index in [1.54, 1.807) is 0 Å². The summed E-state index contributed by atoms with van der Waals surface area (Å²) in [6.07, 6.45) is 0. The minimum absolute atomic E-state index is 0.863. The van der Waals surface area contributed by atoms with E-state index in [0.717, 1.165) is 49.4 Å². The Bertz CT molecular complexity index is 3800. The molecule has 0 aliphatic heterocycles. The molecule has 0 bridgehead atoms. The highest BCUT2D eigenvalue weighted by Crippen LogP contribution is 2.49. The maximum absolute atomic E-state index is 6.78. The molecule has 0 saturated heterocycles. The first kappa shape index (κ1) is 31.5. The number of rotatable bonds is 3. The van der Waals surface area contributed by atoms with Crippen LogP contribution in [-0.2, 0) is 0 Å².